The summed E-state index contributed by atoms with van der Waals surface area (Å²) in [6.45, 7) is 0. The fourth-order valence-electron chi connectivity index (χ4n) is 1.17. The van der Waals surface area contributed by atoms with Crippen molar-refractivity contribution in [1.82, 2.24) is 4.58 Å². The van der Waals surface area contributed by atoms with Gasteiger partial charge in [-0.3, -0.25) is 0 Å². The third kappa shape index (κ3) is 6.70. The summed E-state index contributed by atoms with van der Waals surface area (Å²) in [5.74, 6) is 0.995. The predicted molar refractivity (Wildman–Crippen MR) is 58.2 cm³/mol. The van der Waals surface area contributed by atoms with Gasteiger partial charge >= 0.3 is 88.6 Å². The number of benzene rings is 1. The zero-order valence-electron chi connectivity index (χ0n) is 10.2. The molecule has 0 radical (unpaired) electrons. The van der Waals surface area contributed by atoms with Crippen LogP contribution in [0.15, 0.2) is 39.7 Å². The van der Waals surface area contributed by atoms with Crippen LogP contribution in [0.5, 0.6) is 0 Å². The van der Waals surface area contributed by atoms with E-state index in [0.717, 1.165) is 15.8 Å². The van der Waals surface area contributed by atoms with E-state index in [-0.39, 0.29) is 0 Å². The topological polar surface area (TPSA) is 108 Å². The molecular weight excluding hydrogens is 341 g/mol. The molecule has 1 aromatic carbocycles. The Labute approximate surface area is 118 Å². The molecule has 0 aliphatic heterocycles. The summed E-state index contributed by atoms with van der Waals surface area (Å²) < 4.78 is 42.8. The first-order valence-electron chi connectivity index (χ1n) is 5.03. The van der Waals surface area contributed by atoms with Crippen LogP contribution in [0.3, 0.4) is 0 Å². The van der Waals surface area contributed by atoms with Gasteiger partial charge in [-0.1, -0.05) is 0 Å². The predicted octanol–water partition coefficient (Wildman–Crippen LogP) is -3.72. The normalized spacial score (nSPS) is 10.6. The largest absolute Gasteiger partial charge is 0.222 e. The fourth-order valence-corrected chi connectivity index (χ4v) is 2.73. The van der Waals surface area contributed by atoms with Crippen LogP contribution in [0.1, 0.15) is 0 Å². The van der Waals surface area contributed by atoms with Crippen LogP contribution in [0.25, 0.3) is 11.3 Å². The van der Waals surface area contributed by atoms with E-state index >= 15 is 0 Å². The van der Waals surface area contributed by atoms with E-state index in [1.807, 2.05) is 36.9 Å². The van der Waals surface area contributed by atoms with Crippen molar-refractivity contribution in [3.63, 3.8) is 0 Å². The second-order valence-corrected chi connectivity index (χ2v) is 6.08. The first-order chi connectivity index (χ1) is 8.77. The Balaban J connectivity index is 0.000000312. The maximum atomic E-state index is 8.49. The molecule has 0 saturated heterocycles. The minimum absolute atomic E-state index is 0.342. The molecule has 0 unspecified atom stereocenters. The molecule has 1 aromatic heterocycles. The van der Waals surface area contributed by atoms with Crippen molar-refractivity contribution in [2.24, 2.45) is 0 Å². The summed E-state index contributed by atoms with van der Waals surface area (Å²) in [5, 5.41) is 0. The molecule has 0 spiro atoms. The van der Waals surface area contributed by atoms with Crippen LogP contribution in [0.2, 0.25) is 0 Å². The molecule has 0 fully saturated rings. The third-order valence-electron chi connectivity index (χ3n) is 1.89. The van der Waals surface area contributed by atoms with Crippen molar-refractivity contribution in [3.05, 3.63) is 39.7 Å². The van der Waals surface area contributed by atoms with E-state index in [1.54, 1.807) is 0 Å². The Morgan fingerprint density at radius 3 is 2.00 bits per heavy atom. The van der Waals surface area contributed by atoms with E-state index in [4.69, 9.17) is 23.1 Å². The number of rotatable bonds is 1. The van der Waals surface area contributed by atoms with Crippen LogP contribution < -0.4 is 27.6 Å². The van der Waals surface area contributed by atoms with Crippen molar-refractivity contribution in [3.8, 4) is 11.3 Å². The van der Waals surface area contributed by atoms with E-state index in [2.05, 4.69) is 17.1 Å². The van der Waals surface area contributed by atoms with Gasteiger partial charge in [-0.05, 0) is 0 Å². The van der Waals surface area contributed by atoms with Crippen molar-refractivity contribution in [1.29, 1.82) is 0 Å². The second kappa shape index (κ2) is 7.02. The summed E-state index contributed by atoms with van der Waals surface area (Å²) in [6, 6.07) is 10.2. The molecule has 2 rings (SSSR count). The van der Waals surface area contributed by atoms with Gasteiger partial charge in [0.05, 0.1) is 0 Å². The number of hydrogen-bond donors (Lipinski definition) is 0. The molecule has 0 atom stereocenters. The first kappa shape index (κ1) is 16.1. The molecule has 0 N–H and O–H groups in total. The smallest absolute Gasteiger partial charge is 0.112 e. The van der Waals surface area contributed by atoms with Gasteiger partial charge < -0.3 is 0 Å². The zero-order chi connectivity index (χ0) is 14.5. The Morgan fingerprint density at radius 1 is 1.05 bits per heavy atom. The molecule has 8 heteroatoms. The molecule has 1 heterocycles. The van der Waals surface area contributed by atoms with Crippen LogP contribution in [-0.2, 0) is 0 Å². The summed E-state index contributed by atoms with van der Waals surface area (Å²) >= 11 is 0.342. The van der Waals surface area contributed by atoms with E-state index in [9.17, 15) is 0 Å². The van der Waals surface area contributed by atoms with E-state index in [0.29, 0.717) is 14.5 Å². The van der Waals surface area contributed by atoms with E-state index in [1.165, 1.54) is 0 Å². The van der Waals surface area contributed by atoms with Gasteiger partial charge in [0, 0.05) is 0 Å². The SMILES string of the molecule is C[N+](C)=c1oc(-c2ccccc2)c[se]1.[O-][Cl+3]([O-])([O-])[O-]. The van der Waals surface area contributed by atoms with Gasteiger partial charge in [0.1, 0.15) is 0 Å². The molecule has 19 heavy (non-hydrogen) atoms. The fraction of sp³-hybridized carbons (Fsp3) is 0.182. The molecule has 0 aliphatic rings. The van der Waals surface area contributed by atoms with E-state index < -0.39 is 10.2 Å². The Morgan fingerprint density at radius 2 is 1.58 bits per heavy atom. The Bertz CT molecular complexity index is 563. The second-order valence-electron chi connectivity index (χ2n) is 3.61. The van der Waals surface area contributed by atoms with Crippen LogP contribution in [0.4, 0.5) is 0 Å². The molecule has 2 aromatic rings. The Hall–Kier alpha value is -0.921. The van der Waals surface area contributed by atoms with Gasteiger partial charge in [0.25, 0.3) is 0 Å². The molecule has 0 aliphatic carbocycles. The molecule has 6 nitrogen and oxygen atoms in total. The molecule has 104 valence electrons. The Kier molecular flexibility index (Phi) is 5.96. The first-order valence-corrected chi connectivity index (χ1v) is 8.11. The van der Waals surface area contributed by atoms with Gasteiger partial charge in [-0.15, -0.1) is 10.2 Å². The molecule has 0 saturated carbocycles. The van der Waals surface area contributed by atoms with Crippen molar-refractivity contribution in [2.75, 3.05) is 14.1 Å². The average Bonchev–Trinajstić information content (AvgIpc) is 2.77. The summed E-state index contributed by atoms with van der Waals surface area (Å²) in [5.41, 5.74) is 1.16. The maximum absolute atomic E-state index is 8.49. The van der Waals surface area contributed by atoms with Gasteiger partial charge in [0.15, 0.2) is 0 Å². The summed E-state index contributed by atoms with van der Waals surface area (Å²) in [4.78, 5) is 2.18. The number of nitrogens with zero attached hydrogens (tertiary/aromatic N) is 1. The van der Waals surface area contributed by atoms with Crippen LogP contribution in [0, 0.1) is 10.2 Å². The average molecular weight is 353 g/mol. The number of hydrogen-bond acceptors (Lipinski definition) is 5. The minimum atomic E-state index is -4.94. The third-order valence-corrected chi connectivity index (χ3v) is 3.95. The van der Waals surface area contributed by atoms with Gasteiger partial charge in [-0.2, -0.15) is 0 Å². The summed E-state index contributed by atoms with van der Waals surface area (Å²) in [6.07, 6.45) is 0. The van der Waals surface area contributed by atoms with Gasteiger partial charge in [0.2, 0.25) is 0 Å². The quantitative estimate of drug-likeness (QED) is 0.387. The van der Waals surface area contributed by atoms with Crippen molar-refractivity contribution < 1.29 is 33.3 Å². The van der Waals surface area contributed by atoms with Crippen LogP contribution >= 0.6 is 0 Å². The van der Waals surface area contributed by atoms with Crippen molar-refractivity contribution in [2.45, 2.75) is 0 Å². The van der Waals surface area contributed by atoms with Crippen LogP contribution in [-0.4, -0.2) is 28.6 Å². The van der Waals surface area contributed by atoms with Crippen molar-refractivity contribution >= 4 is 14.5 Å². The number of halogens is 1. The molecule has 0 amide bonds. The zero-order valence-corrected chi connectivity index (χ0v) is 12.7. The molecule has 0 bridgehead atoms. The maximum Gasteiger partial charge on any atom is -0.112 e. The monoisotopic (exact) mass is 353 g/mol. The van der Waals surface area contributed by atoms with Gasteiger partial charge in [-0.25, -0.2) is 18.6 Å². The summed E-state index contributed by atoms with van der Waals surface area (Å²) in [7, 11) is -0.919. The molecular formula is C11H12ClNO5Se. The standard InChI is InChI=1S/C11H12NOSe.ClHO4/c1-12(2)11-13-10(8-14-11)9-6-4-3-5-7-9;2-1(3,4)5/h3-8H,1-2H3;(H,2,3,4,5)/q+1;/p-1. The minimum Gasteiger partial charge on any atom is -0.222 e.